The van der Waals surface area contributed by atoms with Gasteiger partial charge < -0.3 is 10.1 Å². The van der Waals surface area contributed by atoms with Gasteiger partial charge in [0.15, 0.2) is 5.13 Å². The van der Waals surface area contributed by atoms with E-state index in [-0.39, 0.29) is 24.7 Å². The Balaban J connectivity index is 1.51. The number of amides is 1. The number of ether oxygens (including phenoxy) is 1. The summed E-state index contributed by atoms with van der Waals surface area (Å²) in [6.45, 7) is 2.10. The molecule has 0 aliphatic carbocycles. The van der Waals surface area contributed by atoms with Crippen LogP contribution >= 0.6 is 22.7 Å². The van der Waals surface area contributed by atoms with Gasteiger partial charge in [0.25, 0.3) is 0 Å². The lowest BCUT2D eigenvalue weighted by Gasteiger charge is -2.00. The van der Waals surface area contributed by atoms with Gasteiger partial charge in [0.1, 0.15) is 0 Å². The van der Waals surface area contributed by atoms with Crippen molar-refractivity contribution in [1.29, 1.82) is 0 Å². The number of nitrogens with one attached hydrogen (secondary N) is 1. The lowest BCUT2D eigenvalue weighted by atomic mass is 10.2. The predicted octanol–water partition coefficient (Wildman–Crippen LogP) is 3.48. The molecule has 0 aliphatic rings. The van der Waals surface area contributed by atoms with Crippen LogP contribution in [-0.4, -0.2) is 28.5 Å². The maximum Gasteiger partial charge on any atom is 0.311 e. The van der Waals surface area contributed by atoms with E-state index in [2.05, 4.69) is 27.4 Å². The molecular weight excluding hydrogens is 382 g/mol. The summed E-state index contributed by atoms with van der Waals surface area (Å²) in [5.41, 5.74) is 2.53. The highest BCUT2D eigenvalue weighted by Gasteiger charge is 2.12. The lowest BCUT2D eigenvalue weighted by Crippen LogP contribution is -2.14. The molecule has 0 radical (unpaired) electrons. The van der Waals surface area contributed by atoms with Crippen LogP contribution in [0.4, 0.5) is 5.13 Å². The van der Waals surface area contributed by atoms with Gasteiger partial charge in [0.05, 0.1) is 35.8 Å². The fraction of sp³-hybridized carbons (Fsp3) is 0.263. The Hall–Kier alpha value is -2.58. The Morgan fingerprint density at radius 3 is 2.56 bits per heavy atom. The minimum absolute atomic E-state index is 0.106. The third-order valence-electron chi connectivity index (χ3n) is 3.57. The van der Waals surface area contributed by atoms with Crippen molar-refractivity contribution < 1.29 is 14.3 Å². The second-order valence-corrected chi connectivity index (χ2v) is 7.55. The van der Waals surface area contributed by atoms with E-state index in [9.17, 15) is 9.59 Å². The first kappa shape index (κ1) is 19.2. The van der Waals surface area contributed by atoms with E-state index < -0.39 is 0 Å². The highest BCUT2D eigenvalue weighted by molar-refractivity contribution is 7.14. The Morgan fingerprint density at radius 1 is 1.04 bits per heavy atom. The standard InChI is InChI=1S/C19H19N3O3S2/c1-2-25-18(24)10-15-12-27-19(21-15)22-16(23)9-14-11-26-17(20-14)8-13-6-4-3-5-7-13/h3-7,11-12H,2,8-10H2,1H3,(H,21,22,23). The van der Waals surface area contributed by atoms with Gasteiger partial charge in [0.2, 0.25) is 5.91 Å². The average Bonchev–Trinajstić information content (AvgIpc) is 3.25. The molecule has 3 aromatic rings. The van der Waals surface area contributed by atoms with E-state index in [1.807, 2.05) is 23.6 Å². The van der Waals surface area contributed by atoms with E-state index in [1.165, 1.54) is 16.9 Å². The summed E-state index contributed by atoms with van der Waals surface area (Å²) in [5, 5.41) is 7.86. The van der Waals surface area contributed by atoms with Crippen molar-refractivity contribution in [3.05, 3.63) is 63.1 Å². The highest BCUT2D eigenvalue weighted by Crippen LogP contribution is 2.18. The largest absolute Gasteiger partial charge is 0.466 e. The van der Waals surface area contributed by atoms with E-state index in [0.29, 0.717) is 17.4 Å². The van der Waals surface area contributed by atoms with Gasteiger partial charge in [-0.1, -0.05) is 30.3 Å². The molecule has 8 heteroatoms. The number of benzene rings is 1. The summed E-state index contributed by atoms with van der Waals surface area (Å²) in [6, 6.07) is 10.1. The first-order valence-corrected chi connectivity index (χ1v) is 10.3. The highest BCUT2D eigenvalue weighted by atomic mass is 32.1. The number of hydrogen-bond acceptors (Lipinski definition) is 7. The van der Waals surface area contributed by atoms with Crippen molar-refractivity contribution in [2.24, 2.45) is 0 Å². The molecule has 27 heavy (non-hydrogen) atoms. The lowest BCUT2D eigenvalue weighted by molar-refractivity contribution is -0.142. The van der Waals surface area contributed by atoms with E-state index in [4.69, 9.17) is 4.74 Å². The number of carbonyl (C=O) groups excluding carboxylic acids is 2. The minimum Gasteiger partial charge on any atom is -0.466 e. The summed E-state index contributed by atoms with van der Waals surface area (Å²) in [5.74, 6) is -0.502. The molecule has 1 amide bonds. The molecule has 1 N–H and O–H groups in total. The summed E-state index contributed by atoms with van der Waals surface area (Å²) >= 11 is 2.84. The molecule has 2 heterocycles. The smallest absolute Gasteiger partial charge is 0.311 e. The van der Waals surface area contributed by atoms with Crippen LogP contribution in [0.5, 0.6) is 0 Å². The zero-order chi connectivity index (χ0) is 19.1. The quantitative estimate of drug-likeness (QED) is 0.585. The van der Waals surface area contributed by atoms with Crippen molar-refractivity contribution in [3.63, 3.8) is 0 Å². The third kappa shape index (κ3) is 5.97. The van der Waals surface area contributed by atoms with E-state index >= 15 is 0 Å². The van der Waals surface area contributed by atoms with Crippen molar-refractivity contribution in [1.82, 2.24) is 9.97 Å². The monoisotopic (exact) mass is 401 g/mol. The number of anilines is 1. The Morgan fingerprint density at radius 2 is 1.78 bits per heavy atom. The molecule has 0 saturated heterocycles. The first-order valence-electron chi connectivity index (χ1n) is 8.49. The van der Waals surface area contributed by atoms with Crippen LogP contribution in [0.15, 0.2) is 41.1 Å². The van der Waals surface area contributed by atoms with Crippen LogP contribution in [0.3, 0.4) is 0 Å². The number of hydrogen-bond donors (Lipinski definition) is 1. The molecule has 0 atom stereocenters. The topological polar surface area (TPSA) is 81.2 Å². The van der Waals surface area contributed by atoms with Crippen LogP contribution in [-0.2, 0) is 33.6 Å². The van der Waals surface area contributed by atoms with Gasteiger partial charge >= 0.3 is 5.97 Å². The Labute approximate surface area is 165 Å². The average molecular weight is 402 g/mol. The van der Waals surface area contributed by atoms with Crippen LogP contribution in [0, 0.1) is 0 Å². The van der Waals surface area contributed by atoms with Crippen LogP contribution in [0.1, 0.15) is 28.9 Å². The van der Waals surface area contributed by atoms with Crippen molar-refractivity contribution >= 4 is 39.7 Å². The molecule has 0 bridgehead atoms. The van der Waals surface area contributed by atoms with Crippen molar-refractivity contribution in [2.45, 2.75) is 26.2 Å². The molecule has 0 saturated carbocycles. The zero-order valence-corrected chi connectivity index (χ0v) is 16.4. The van der Waals surface area contributed by atoms with Crippen molar-refractivity contribution in [2.75, 3.05) is 11.9 Å². The van der Waals surface area contributed by atoms with Crippen molar-refractivity contribution in [3.8, 4) is 0 Å². The molecule has 0 unspecified atom stereocenters. The Bertz CT molecular complexity index is 906. The second kappa shape index (κ2) is 9.38. The second-order valence-electron chi connectivity index (χ2n) is 5.75. The molecule has 140 valence electrons. The fourth-order valence-electron chi connectivity index (χ4n) is 2.42. The number of thiazole rings is 2. The third-order valence-corrected chi connectivity index (χ3v) is 5.27. The van der Waals surface area contributed by atoms with Gasteiger partial charge in [-0.3, -0.25) is 9.59 Å². The minimum atomic E-state index is -0.325. The molecule has 6 nitrogen and oxygen atoms in total. The predicted molar refractivity (Wildman–Crippen MR) is 106 cm³/mol. The van der Waals surface area contributed by atoms with E-state index in [0.717, 1.165) is 17.1 Å². The number of aromatic nitrogens is 2. The van der Waals surface area contributed by atoms with Crippen LogP contribution in [0.25, 0.3) is 0 Å². The van der Waals surface area contributed by atoms with Crippen LogP contribution < -0.4 is 5.32 Å². The maximum absolute atomic E-state index is 12.2. The Kier molecular flexibility index (Phi) is 6.67. The van der Waals surface area contributed by atoms with Gasteiger partial charge in [-0.25, -0.2) is 9.97 Å². The maximum atomic E-state index is 12.2. The summed E-state index contributed by atoms with van der Waals surface area (Å²) < 4.78 is 4.89. The molecule has 0 fully saturated rings. The number of esters is 1. The van der Waals surface area contributed by atoms with Gasteiger partial charge in [0, 0.05) is 17.2 Å². The fourth-order valence-corrected chi connectivity index (χ4v) is 3.97. The van der Waals surface area contributed by atoms with Gasteiger partial charge in [-0.15, -0.1) is 22.7 Å². The summed E-state index contributed by atoms with van der Waals surface area (Å²) in [6.07, 6.45) is 1.06. The molecule has 0 spiro atoms. The normalized spacial score (nSPS) is 10.6. The molecular formula is C19H19N3O3S2. The number of rotatable bonds is 8. The van der Waals surface area contributed by atoms with Crippen LogP contribution in [0.2, 0.25) is 0 Å². The molecule has 2 aromatic heterocycles. The number of carbonyl (C=O) groups is 2. The van der Waals surface area contributed by atoms with Gasteiger partial charge in [-0.05, 0) is 12.5 Å². The SMILES string of the molecule is CCOC(=O)Cc1csc(NC(=O)Cc2csc(Cc3ccccc3)n2)n1. The number of nitrogens with zero attached hydrogens (tertiary/aromatic N) is 2. The summed E-state index contributed by atoms with van der Waals surface area (Å²) in [4.78, 5) is 32.5. The molecule has 1 aromatic carbocycles. The van der Waals surface area contributed by atoms with Gasteiger partial charge in [-0.2, -0.15) is 0 Å². The molecule has 3 rings (SSSR count). The molecule has 0 aliphatic heterocycles. The summed E-state index contributed by atoms with van der Waals surface area (Å²) in [7, 11) is 0. The zero-order valence-electron chi connectivity index (χ0n) is 14.8. The van der Waals surface area contributed by atoms with E-state index in [1.54, 1.807) is 23.6 Å². The first-order chi connectivity index (χ1) is 13.1.